The predicted octanol–water partition coefficient (Wildman–Crippen LogP) is 5.41. The van der Waals surface area contributed by atoms with E-state index in [0.29, 0.717) is 12.5 Å². The van der Waals surface area contributed by atoms with Gasteiger partial charge in [-0.15, -0.1) is 0 Å². The highest BCUT2D eigenvalue weighted by atomic mass is 35.5. The molecule has 0 spiro atoms. The molecular formula is C20H21ClN4. The second-order valence-corrected chi connectivity index (χ2v) is 6.57. The van der Waals surface area contributed by atoms with Crippen molar-refractivity contribution in [3.05, 3.63) is 75.9 Å². The lowest BCUT2D eigenvalue weighted by atomic mass is 10.1. The zero-order valence-electron chi connectivity index (χ0n) is 14.6. The monoisotopic (exact) mass is 352 g/mol. The Labute approximate surface area is 153 Å². The number of nitrogens with one attached hydrogen (secondary N) is 2. The lowest BCUT2D eigenvalue weighted by molar-refractivity contribution is 1.06. The van der Waals surface area contributed by atoms with Gasteiger partial charge in [0.1, 0.15) is 5.82 Å². The minimum Gasteiger partial charge on any atom is -0.366 e. The van der Waals surface area contributed by atoms with E-state index in [4.69, 9.17) is 11.6 Å². The summed E-state index contributed by atoms with van der Waals surface area (Å²) in [6, 6.07) is 16.0. The van der Waals surface area contributed by atoms with Crippen LogP contribution in [0.25, 0.3) is 0 Å². The van der Waals surface area contributed by atoms with Gasteiger partial charge in [0.15, 0.2) is 0 Å². The maximum absolute atomic E-state index is 6.20. The molecule has 1 heterocycles. The second kappa shape index (κ2) is 7.53. The highest BCUT2D eigenvalue weighted by Crippen LogP contribution is 2.20. The van der Waals surface area contributed by atoms with Gasteiger partial charge in [-0.3, -0.25) is 0 Å². The maximum atomic E-state index is 6.20. The standard InChI is InChI=1S/C20H21ClN4/c1-13-8-14(2)10-17(9-13)24-20-23-15(3)11-19(25-20)22-12-16-6-4-5-7-18(16)21/h4-11H,12H2,1-3H3,(H2,22,23,24,25). The Balaban J connectivity index is 1.77. The van der Waals surface area contributed by atoms with Gasteiger partial charge in [0, 0.05) is 29.0 Å². The number of hydrogen-bond acceptors (Lipinski definition) is 4. The van der Waals surface area contributed by atoms with E-state index in [9.17, 15) is 0 Å². The fraction of sp³-hybridized carbons (Fsp3) is 0.200. The molecule has 3 rings (SSSR count). The molecule has 0 unspecified atom stereocenters. The van der Waals surface area contributed by atoms with Crippen LogP contribution in [0.2, 0.25) is 5.02 Å². The molecule has 1 aromatic heterocycles. The fourth-order valence-electron chi connectivity index (χ4n) is 2.72. The van der Waals surface area contributed by atoms with Gasteiger partial charge in [-0.2, -0.15) is 4.98 Å². The topological polar surface area (TPSA) is 49.8 Å². The van der Waals surface area contributed by atoms with Crippen molar-refractivity contribution >= 4 is 29.1 Å². The third kappa shape index (κ3) is 4.70. The van der Waals surface area contributed by atoms with Crippen molar-refractivity contribution in [2.24, 2.45) is 0 Å². The zero-order chi connectivity index (χ0) is 17.8. The normalized spacial score (nSPS) is 10.6. The molecule has 2 aromatic carbocycles. The van der Waals surface area contributed by atoms with Gasteiger partial charge in [-0.25, -0.2) is 4.98 Å². The molecule has 0 bridgehead atoms. The molecule has 2 N–H and O–H groups in total. The van der Waals surface area contributed by atoms with Crippen molar-refractivity contribution in [2.75, 3.05) is 10.6 Å². The molecule has 0 amide bonds. The van der Waals surface area contributed by atoms with Gasteiger partial charge < -0.3 is 10.6 Å². The molecule has 5 heteroatoms. The molecule has 0 aliphatic rings. The fourth-order valence-corrected chi connectivity index (χ4v) is 2.92. The molecular weight excluding hydrogens is 332 g/mol. The van der Waals surface area contributed by atoms with Gasteiger partial charge >= 0.3 is 0 Å². The summed E-state index contributed by atoms with van der Waals surface area (Å²) in [5.74, 6) is 1.34. The maximum Gasteiger partial charge on any atom is 0.229 e. The van der Waals surface area contributed by atoms with Gasteiger partial charge in [0.25, 0.3) is 0 Å². The first kappa shape index (κ1) is 17.2. The quantitative estimate of drug-likeness (QED) is 0.644. The summed E-state index contributed by atoms with van der Waals surface area (Å²) >= 11 is 6.20. The third-order valence-corrected chi connectivity index (χ3v) is 4.12. The van der Waals surface area contributed by atoms with E-state index in [1.165, 1.54) is 11.1 Å². The Morgan fingerprint density at radius 3 is 2.36 bits per heavy atom. The van der Waals surface area contributed by atoms with Crippen LogP contribution < -0.4 is 10.6 Å². The Bertz CT molecular complexity index is 872. The first-order chi connectivity index (χ1) is 12.0. The number of aromatic nitrogens is 2. The molecule has 25 heavy (non-hydrogen) atoms. The van der Waals surface area contributed by atoms with Crippen LogP contribution in [0.4, 0.5) is 17.5 Å². The van der Waals surface area contributed by atoms with Crippen LogP contribution >= 0.6 is 11.6 Å². The number of hydrogen-bond donors (Lipinski definition) is 2. The minimum absolute atomic E-state index is 0.576. The van der Waals surface area contributed by atoms with Crippen LogP contribution in [0.15, 0.2) is 48.5 Å². The van der Waals surface area contributed by atoms with Crippen molar-refractivity contribution in [1.29, 1.82) is 0 Å². The summed E-state index contributed by atoms with van der Waals surface area (Å²) in [5, 5.41) is 7.35. The summed E-state index contributed by atoms with van der Waals surface area (Å²) < 4.78 is 0. The Hall–Kier alpha value is -2.59. The first-order valence-electron chi connectivity index (χ1n) is 8.18. The van der Waals surface area contributed by atoms with Crippen molar-refractivity contribution in [3.63, 3.8) is 0 Å². The Morgan fingerprint density at radius 2 is 1.64 bits per heavy atom. The zero-order valence-corrected chi connectivity index (χ0v) is 15.4. The lowest BCUT2D eigenvalue weighted by Crippen LogP contribution is -2.06. The van der Waals surface area contributed by atoms with E-state index in [0.717, 1.165) is 27.8 Å². The highest BCUT2D eigenvalue weighted by molar-refractivity contribution is 6.31. The van der Waals surface area contributed by atoms with Crippen molar-refractivity contribution in [2.45, 2.75) is 27.3 Å². The van der Waals surface area contributed by atoms with Crippen LogP contribution in [0.1, 0.15) is 22.4 Å². The number of benzene rings is 2. The van der Waals surface area contributed by atoms with E-state index < -0.39 is 0 Å². The van der Waals surface area contributed by atoms with Gasteiger partial charge in [-0.05, 0) is 55.7 Å². The smallest absolute Gasteiger partial charge is 0.229 e. The molecule has 0 atom stereocenters. The molecule has 0 aliphatic carbocycles. The van der Waals surface area contributed by atoms with Crippen molar-refractivity contribution in [1.82, 2.24) is 9.97 Å². The van der Waals surface area contributed by atoms with Crippen LogP contribution in [-0.4, -0.2) is 9.97 Å². The summed E-state index contributed by atoms with van der Waals surface area (Å²) in [7, 11) is 0. The highest BCUT2D eigenvalue weighted by Gasteiger charge is 2.05. The Morgan fingerprint density at radius 1 is 0.920 bits per heavy atom. The molecule has 0 saturated heterocycles. The number of anilines is 3. The number of nitrogens with zero attached hydrogens (tertiary/aromatic N) is 2. The lowest BCUT2D eigenvalue weighted by Gasteiger charge is -2.11. The summed E-state index contributed by atoms with van der Waals surface area (Å²) in [6.07, 6.45) is 0. The Kier molecular flexibility index (Phi) is 5.19. The molecule has 128 valence electrons. The van der Waals surface area contributed by atoms with Gasteiger partial charge in [0.2, 0.25) is 5.95 Å². The summed E-state index contributed by atoms with van der Waals surface area (Å²) in [6.45, 7) is 6.71. The third-order valence-electron chi connectivity index (χ3n) is 3.75. The molecule has 0 fully saturated rings. The van der Waals surface area contributed by atoms with Gasteiger partial charge in [0.05, 0.1) is 0 Å². The number of halogens is 1. The van der Waals surface area contributed by atoms with Crippen LogP contribution in [0.5, 0.6) is 0 Å². The molecule has 4 nitrogen and oxygen atoms in total. The van der Waals surface area contributed by atoms with E-state index >= 15 is 0 Å². The summed E-state index contributed by atoms with van der Waals surface area (Å²) in [5.41, 5.74) is 5.31. The summed E-state index contributed by atoms with van der Waals surface area (Å²) in [4.78, 5) is 9.03. The van der Waals surface area contributed by atoms with E-state index in [1.807, 2.05) is 37.3 Å². The van der Waals surface area contributed by atoms with Crippen LogP contribution in [0, 0.1) is 20.8 Å². The molecule has 0 radical (unpaired) electrons. The van der Waals surface area contributed by atoms with Crippen molar-refractivity contribution < 1.29 is 0 Å². The molecule has 0 saturated carbocycles. The minimum atomic E-state index is 0.576. The average Bonchev–Trinajstić information content (AvgIpc) is 2.52. The largest absolute Gasteiger partial charge is 0.366 e. The van der Waals surface area contributed by atoms with Crippen molar-refractivity contribution in [3.8, 4) is 0 Å². The van der Waals surface area contributed by atoms with Gasteiger partial charge in [-0.1, -0.05) is 35.9 Å². The van der Waals surface area contributed by atoms with E-state index in [2.05, 4.69) is 52.6 Å². The predicted molar refractivity (Wildman–Crippen MR) is 105 cm³/mol. The SMILES string of the molecule is Cc1cc(C)cc(Nc2nc(C)cc(NCc3ccccc3Cl)n2)c1. The van der Waals surface area contributed by atoms with Crippen LogP contribution in [0.3, 0.4) is 0 Å². The first-order valence-corrected chi connectivity index (χ1v) is 8.56. The molecule has 3 aromatic rings. The van der Waals surface area contributed by atoms with Crippen LogP contribution in [-0.2, 0) is 6.54 Å². The number of aryl methyl sites for hydroxylation is 3. The van der Waals surface area contributed by atoms with E-state index in [-0.39, 0.29) is 0 Å². The average molecular weight is 353 g/mol. The number of rotatable bonds is 5. The second-order valence-electron chi connectivity index (χ2n) is 6.16. The molecule has 0 aliphatic heterocycles. The van der Waals surface area contributed by atoms with E-state index in [1.54, 1.807) is 0 Å².